The summed E-state index contributed by atoms with van der Waals surface area (Å²) in [6.07, 6.45) is 18.3. The van der Waals surface area contributed by atoms with E-state index < -0.39 is 0 Å². The van der Waals surface area contributed by atoms with Gasteiger partial charge in [-0.15, -0.1) is 0 Å². The fourth-order valence-corrected chi connectivity index (χ4v) is 5.08. The van der Waals surface area contributed by atoms with Gasteiger partial charge in [-0.1, -0.05) is 73.0 Å². The lowest BCUT2D eigenvalue weighted by atomic mass is 9.85. The molecule has 1 heterocycles. The number of nitrogens with zero attached hydrogens (tertiary/aromatic N) is 1. The maximum Gasteiger partial charge on any atom is 0.0284 e. The summed E-state index contributed by atoms with van der Waals surface area (Å²) in [4.78, 5) is 2.65. The van der Waals surface area contributed by atoms with Crippen LogP contribution in [0.2, 0.25) is 0 Å². The molecule has 1 saturated carbocycles. The molecule has 3 rings (SSSR count). The molecule has 1 saturated heterocycles. The molecule has 2 heteroatoms. The van der Waals surface area contributed by atoms with Crippen molar-refractivity contribution >= 4 is 21.5 Å². The Balaban J connectivity index is 1.55. The largest absolute Gasteiger partial charge is 0.374 e. The maximum atomic E-state index is 3.60. The van der Waals surface area contributed by atoms with Crippen LogP contribution in [0.3, 0.4) is 0 Å². The Morgan fingerprint density at radius 1 is 1.08 bits per heavy atom. The van der Waals surface area contributed by atoms with Crippen molar-refractivity contribution in [3.05, 3.63) is 40.5 Å². The van der Waals surface area contributed by atoms with Crippen LogP contribution in [0.15, 0.2) is 34.9 Å². The van der Waals surface area contributed by atoms with Crippen LogP contribution in [-0.4, -0.2) is 17.5 Å². The van der Waals surface area contributed by atoms with Crippen LogP contribution in [0.1, 0.15) is 83.1 Å². The Morgan fingerprint density at radius 3 is 2.68 bits per heavy atom. The van der Waals surface area contributed by atoms with Crippen molar-refractivity contribution in [1.29, 1.82) is 0 Å². The van der Waals surface area contributed by atoms with Crippen LogP contribution in [0.4, 0.5) is 0 Å². The van der Waals surface area contributed by atoms with Gasteiger partial charge in [-0.25, -0.2) is 0 Å². The van der Waals surface area contributed by atoms with E-state index in [1.807, 2.05) is 0 Å². The highest BCUT2D eigenvalue weighted by Gasteiger charge is 2.21. The van der Waals surface area contributed by atoms with Gasteiger partial charge in [0.2, 0.25) is 0 Å². The van der Waals surface area contributed by atoms with Crippen LogP contribution < -0.4 is 0 Å². The average Bonchev–Trinajstić information content (AvgIpc) is 2.64. The van der Waals surface area contributed by atoms with Crippen molar-refractivity contribution < 1.29 is 0 Å². The standard InChI is InChI=1S/C23H34BrN/c1-19(21-12-8-13-22(24)17-21)18-25-16-6-5-14-23(25)15-7-11-20-9-3-2-4-10-20/h8,12-13,17-18,20,23H,2-7,9-11,14-16H2,1H3/b19-18-. The van der Waals surface area contributed by atoms with Gasteiger partial charge >= 0.3 is 0 Å². The monoisotopic (exact) mass is 403 g/mol. The van der Waals surface area contributed by atoms with Crippen LogP contribution in [0.5, 0.6) is 0 Å². The van der Waals surface area contributed by atoms with Crippen LogP contribution in [0, 0.1) is 5.92 Å². The molecule has 1 aliphatic heterocycles. The molecule has 0 amide bonds. The van der Waals surface area contributed by atoms with Gasteiger partial charge in [-0.3, -0.25) is 0 Å². The van der Waals surface area contributed by atoms with Crippen molar-refractivity contribution in [1.82, 2.24) is 4.90 Å². The number of likely N-dealkylation sites (tertiary alicyclic amines) is 1. The molecule has 2 fully saturated rings. The minimum Gasteiger partial charge on any atom is -0.374 e. The van der Waals surface area contributed by atoms with Crippen molar-refractivity contribution in [2.24, 2.45) is 5.92 Å². The zero-order valence-corrected chi connectivity index (χ0v) is 17.4. The van der Waals surface area contributed by atoms with E-state index in [-0.39, 0.29) is 0 Å². The molecular formula is C23H34BrN. The fraction of sp³-hybridized carbons (Fsp3) is 0.652. The molecule has 0 bridgehead atoms. The number of halogens is 1. The van der Waals surface area contributed by atoms with E-state index in [0.29, 0.717) is 0 Å². The van der Waals surface area contributed by atoms with Gasteiger partial charge in [-0.2, -0.15) is 0 Å². The van der Waals surface area contributed by atoms with Crippen molar-refractivity contribution in [3.63, 3.8) is 0 Å². The highest BCUT2D eigenvalue weighted by Crippen LogP contribution is 2.30. The molecule has 0 N–H and O–H groups in total. The van der Waals surface area contributed by atoms with E-state index in [1.165, 1.54) is 92.8 Å². The summed E-state index contributed by atoms with van der Waals surface area (Å²) < 4.78 is 1.17. The summed E-state index contributed by atoms with van der Waals surface area (Å²) >= 11 is 3.60. The molecule has 0 aromatic heterocycles. The van der Waals surface area contributed by atoms with Crippen molar-refractivity contribution in [2.45, 2.75) is 83.6 Å². The minimum absolute atomic E-state index is 0.763. The molecule has 1 unspecified atom stereocenters. The Labute approximate surface area is 163 Å². The van der Waals surface area contributed by atoms with Crippen LogP contribution in [-0.2, 0) is 0 Å². The zero-order chi connectivity index (χ0) is 17.5. The Bertz CT molecular complexity index is 559. The quantitative estimate of drug-likeness (QED) is 0.477. The third-order valence-corrected chi connectivity index (χ3v) is 6.68. The first-order valence-corrected chi connectivity index (χ1v) is 11.2. The normalized spacial score (nSPS) is 23.0. The molecule has 138 valence electrons. The highest BCUT2D eigenvalue weighted by molar-refractivity contribution is 9.10. The lowest BCUT2D eigenvalue weighted by Gasteiger charge is -2.36. The van der Waals surface area contributed by atoms with Gasteiger partial charge in [0.15, 0.2) is 0 Å². The van der Waals surface area contributed by atoms with E-state index in [4.69, 9.17) is 0 Å². The summed E-state index contributed by atoms with van der Waals surface area (Å²) in [7, 11) is 0. The molecule has 1 atom stereocenters. The summed E-state index contributed by atoms with van der Waals surface area (Å²) in [5, 5.41) is 0. The molecule has 0 radical (unpaired) electrons. The number of benzene rings is 1. The number of allylic oxidation sites excluding steroid dienone is 1. The first-order chi connectivity index (χ1) is 12.2. The maximum absolute atomic E-state index is 3.60. The molecule has 0 spiro atoms. The Morgan fingerprint density at radius 2 is 1.88 bits per heavy atom. The van der Waals surface area contributed by atoms with Crippen LogP contribution in [0.25, 0.3) is 5.57 Å². The molecule has 1 aromatic rings. The van der Waals surface area contributed by atoms with Gasteiger partial charge in [0, 0.05) is 23.3 Å². The predicted molar refractivity (Wildman–Crippen MR) is 113 cm³/mol. The van der Waals surface area contributed by atoms with E-state index >= 15 is 0 Å². The van der Waals surface area contributed by atoms with Gasteiger partial charge in [0.05, 0.1) is 0 Å². The van der Waals surface area contributed by atoms with Gasteiger partial charge in [0.1, 0.15) is 0 Å². The molecule has 2 aliphatic rings. The van der Waals surface area contributed by atoms with Gasteiger partial charge in [0.25, 0.3) is 0 Å². The number of hydrogen-bond donors (Lipinski definition) is 0. The summed E-state index contributed by atoms with van der Waals surface area (Å²) in [6.45, 7) is 3.49. The lowest BCUT2D eigenvalue weighted by Crippen LogP contribution is -2.35. The molecule has 1 nitrogen and oxygen atoms in total. The van der Waals surface area contributed by atoms with E-state index in [2.05, 4.69) is 58.2 Å². The lowest BCUT2D eigenvalue weighted by molar-refractivity contribution is 0.194. The van der Waals surface area contributed by atoms with E-state index in [1.54, 1.807) is 0 Å². The topological polar surface area (TPSA) is 3.24 Å². The van der Waals surface area contributed by atoms with Crippen molar-refractivity contribution in [2.75, 3.05) is 6.54 Å². The fourth-order valence-electron chi connectivity index (χ4n) is 4.68. The molecule has 1 aromatic carbocycles. The Kier molecular flexibility index (Phi) is 7.46. The number of piperidine rings is 1. The summed E-state index contributed by atoms with van der Waals surface area (Å²) in [6, 6.07) is 9.45. The van der Waals surface area contributed by atoms with E-state index in [0.717, 1.165) is 12.0 Å². The number of hydrogen-bond acceptors (Lipinski definition) is 1. The smallest absolute Gasteiger partial charge is 0.0284 e. The molecule has 1 aliphatic carbocycles. The Hall–Kier alpha value is -0.760. The molecular weight excluding hydrogens is 370 g/mol. The van der Waals surface area contributed by atoms with E-state index in [9.17, 15) is 0 Å². The SMILES string of the molecule is C/C(=C/N1CCCCC1CCCC1CCCCC1)c1cccc(Br)c1. The average molecular weight is 404 g/mol. The van der Waals surface area contributed by atoms with Gasteiger partial charge in [-0.05, 0) is 61.8 Å². The summed E-state index contributed by atoms with van der Waals surface area (Å²) in [5.74, 6) is 1.03. The third kappa shape index (κ3) is 5.88. The zero-order valence-electron chi connectivity index (χ0n) is 15.9. The second-order valence-electron chi connectivity index (χ2n) is 8.14. The first kappa shape index (κ1) is 19.0. The highest BCUT2D eigenvalue weighted by atomic mass is 79.9. The second kappa shape index (κ2) is 9.80. The van der Waals surface area contributed by atoms with Crippen molar-refractivity contribution in [3.8, 4) is 0 Å². The molecule has 25 heavy (non-hydrogen) atoms. The summed E-state index contributed by atoms with van der Waals surface area (Å²) in [5.41, 5.74) is 2.72. The first-order valence-electron chi connectivity index (χ1n) is 10.4. The van der Waals surface area contributed by atoms with Crippen LogP contribution >= 0.6 is 15.9 Å². The van der Waals surface area contributed by atoms with Gasteiger partial charge < -0.3 is 4.90 Å². The number of rotatable bonds is 6. The third-order valence-electron chi connectivity index (χ3n) is 6.19. The minimum atomic E-state index is 0.763. The second-order valence-corrected chi connectivity index (χ2v) is 9.06. The predicted octanol–water partition coefficient (Wildman–Crippen LogP) is 7.42.